The summed E-state index contributed by atoms with van der Waals surface area (Å²) in [6.07, 6.45) is -4.73. The lowest BCUT2D eigenvalue weighted by atomic mass is 10.2. The van der Waals surface area contributed by atoms with Crippen LogP contribution in [0.3, 0.4) is 0 Å². The molecule has 0 aliphatic rings. The third-order valence-electron chi connectivity index (χ3n) is 4.09. The van der Waals surface area contributed by atoms with Crippen molar-refractivity contribution in [3.63, 3.8) is 0 Å². The summed E-state index contributed by atoms with van der Waals surface area (Å²) in [6.45, 7) is 4.44. The molecule has 0 saturated carbocycles. The van der Waals surface area contributed by atoms with E-state index < -0.39 is 23.6 Å². The largest absolute Gasteiger partial charge is 0.416 e. The molecular formula is C21H20F4N6O. The Balaban J connectivity index is 1.64. The number of nitrogens with one attached hydrogen (secondary N) is 4. The van der Waals surface area contributed by atoms with Gasteiger partial charge in [0.2, 0.25) is 0 Å². The standard InChI is InChI=1S/C21H20F4N6O/c1-3-26-18-11-19(28-12(2)27-18)29-15-4-6-16(7-5-15)30-20(32)31-17-9-13(21(23,24)25)8-14(22)10-17/h4-11H,3H2,1-2H3,(H2,30,31,32)(H2,26,27,28,29). The Morgan fingerprint density at radius 1 is 0.906 bits per heavy atom. The van der Waals surface area contributed by atoms with E-state index in [2.05, 4.69) is 31.2 Å². The van der Waals surface area contributed by atoms with E-state index in [1.165, 1.54) is 0 Å². The second kappa shape index (κ2) is 9.50. The van der Waals surface area contributed by atoms with Crippen LogP contribution in [0.5, 0.6) is 0 Å². The van der Waals surface area contributed by atoms with Gasteiger partial charge in [0.1, 0.15) is 23.3 Å². The number of carbonyl (C=O) groups is 1. The van der Waals surface area contributed by atoms with Gasteiger partial charge < -0.3 is 21.3 Å². The number of carbonyl (C=O) groups excluding carboxylic acids is 1. The van der Waals surface area contributed by atoms with Crippen molar-refractivity contribution < 1.29 is 22.4 Å². The van der Waals surface area contributed by atoms with E-state index in [9.17, 15) is 22.4 Å². The summed E-state index contributed by atoms with van der Waals surface area (Å²) < 4.78 is 51.8. The maximum atomic E-state index is 13.5. The van der Waals surface area contributed by atoms with Gasteiger partial charge in [0.05, 0.1) is 5.56 Å². The van der Waals surface area contributed by atoms with E-state index >= 15 is 0 Å². The number of amides is 2. The first kappa shape index (κ1) is 22.8. The summed E-state index contributed by atoms with van der Waals surface area (Å²) >= 11 is 0. The van der Waals surface area contributed by atoms with Gasteiger partial charge in [0.25, 0.3) is 0 Å². The van der Waals surface area contributed by atoms with Crippen LogP contribution in [-0.4, -0.2) is 22.5 Å². The van der Waals surface area contributed by atoms with Gasteiger partial charge in [-0.2, -0.15) is 13.2 Å². The molecule has 4 N–H and O–H groups in total. The molecule has 0 aliphatic carbocycles. The van der Waals surface area contributed by atoms with E-state index in [1.807, 2.05) is 6.92 Å². The molecule has 11 heteroatoms. The van der Waals surface area contributed by atoms with Crippen LogP contribution in [0.1, 0.15) is 18.3 Å². The molecule has 1 aromatic heterocycles. The third kappa shape index (κ3) is 6.30. The lowest BCUT2D eigenvalue weighted by Crippen LogP contribution is -2.20. The summed E-state index contributed by atoms with van der Waals surface area (Å²) in [5, 5.41) is 10.9. The van der Waals surface area contributed by atoms with E-state index in [4.69, 9.17) is 0 Å². The molecule has 0 atom stereocenters. The average Bonchev–Trinajstić information content (AvgIpc) is 2.68. The first-order chi connectivity index (χ1) is 15.1. The Kier molecular flexibility index (Phi) is 6.76. The Hall–Kier alpha value is -3.89. The monoisotopic (exact) mass is 448 g/mol. The van der Waals surface area contributed by atoms with Crippen molar-refractivity contribution in [2.45, 2.75) is 20.0 Å². The highest BCUT2D eigenvalue weighted by molar-refractivity contribution is 5.99. The van der Waals surface area contributed by atoms with Gasteiger partial charge in [-0.05, 0) is 56.3 Å². The Morgan fingerprint density at radius 2 is 1.53 bits per heavy atom. The first-order valence-electron chi connectivity index (χ1n) is 9.55. The Labute approximate surface area is 181 Å². The molecule has 0 bridgehead atoms. The molecule has 0 unspecified atom stereocenters. The molecule has 0 fully saturated rings. The number of anilines is 5. The summed E-state index contributed by atoms with van der Waals surface area (Å²) in [6, 6.07) is 9.30. The van der Waals surface area contributed by atoms with Crippen LogP contribution in [0.2, 0.25) is 0 Å². The third-order valence-corrected chi connectivity index (χ3v) is 4.09. The fraction of sp³-hybridized carbons (Fsp3) is 0.190. The van der Waals surface area contributed by atoms with Gasteiger partial charge in [0, 0.05) is 29.7 Å². The smallest absolute Gasteiger partial charge is 0.370 e. The highest BCUT2D eigenvalue weighted by atomic mass is 19.4. The van der Waals surface area contributed by atoms with Gasteiger partial charge >= 0.3 is 12.2 Å². The highest BCUT2D eigenvalue weighted by Crippen LogP contribution is 2.31. The minimum Gasteiger partial charge on any atom is -0.370 e. The predicted octanol–water partition coefficient (Wildman–Crippen LogP) is 5.76. The minimum atomic E-state index is -4.73. The number of nitrogens with zero attached hydrogens (tertiary/aromatic N) is 2. The van der Waals surface area contributed by atoms with Crippen LogP contribution in [0.15, 0.2) is 48.5 Å². The number of halogens is 4. The van der Waals surface area contributed by atoms with Crippen molar-refractivity contribution in [1.82, 2.24) is 9.97 Å². The van der Waals surface area contributed by atoms with Crippen LogP contribution >= 0.6 is 0 Å². The zero-order valence-electron chi connectivity index (χ0n) is 17.1. The maximum absolute atomic E-state index is 13.5. The fourth-order valence-corrected chi connectivity index (χ4v) is 2.81. The molecule has 2 aromatic carbocycles. The number of hydrogen-bond acceptors (Lipinski definition) is 5. The number of alkyl halides is 3. The lowest BCUT2D eigenvalue weighted by molar-refractivity contribution is -0.137. The van der Waals surface area contributed by atoms with Crippen molar-refractivity contribution in [3.05, 3.63) is 65.7 Å². The predicted molar refractivity (Wildman–Crippen MR) is 115 cm³/mol. The first-order valence-corrected chi connectivity index (χ1v) is 9.55. The van der Waals surface area contributed by atoms with Crippen LogP contribution in [0.4, 0.5) is 51.1 Å². The van der Waals surface area contributed by atoms with Gasteiger partial charge in [-0.25, -0.2) is 19.2 Å². The summed E-state index contributed by atoms with van der Waals surface area (Å²) in [4.78, 5) is 20.7. The quantitative estimate of drug-likeness (QED) is 0.360. The van der Waals surface area contributed by atoms with Gasteiger partial charge in [-0.15, -0.1) is 0 Å². The maximum Gasteiger partial charge on any atom is 0.416 e. The molecule has 0 aliphatic heterocycles. The van der Waals surface area contributed by atoms with Crippen LogP contribution in [0.25, 0.3) is 0 Å². The summed E-state index contributed by atoms with van der Waals surface area (Å²) in [5.41, 5.74) is -0.437. The number of aromatic nitrogens is 2. The average molecular weight is 448 g/mol. The number of hydrogen-bond donors (Lipinski definition) is 4. The van der Waals surface area contributed by atoms with Crippen LogP contribution in [-0.2, 0) is 6.18 Å². The Bertz CT molecular complexity index is 1100. The van der Waals surface area contributed by atoms with Crippen molar-refractivity contribution in [2.24, 2.45) is 0 Å². The summed E-state index contributed by atoms with van der Waals surface area (Å²) in [7, 11) is 0. The van der Waals surface area contributed by atoms with Crippen molar-refractivity contribution >= 4 is 34.7 Å². The molecule has 168 valence electrons. The molecule has 3 aromatic rings. The van der Waals surface area contributed by atoms with Crippen molar-refractivity contribution in [2.75, 3.05) is 27.8 Å². The second-order valence-electron chi connectivity index (χ2n) is 6.72. The molecule has 2 amide bonds. The lowest BCUT2D eigenvalue weighted by Gasteiger charge is -2.12. The van der Waals surface area contributed by atoms with E-state index in [1.54, 1.807) is 37.3 Å². The second-order valence-corrected chi connectivity index (χ2v) is 6.72. The zero-order valence-corrected chi connectivity index (χ0v) is 17.1. The van der Waals surface area contributed by atoms with Crippen LogP contribution in [0, 0.1) is 12.7 Å². The van der Waals surface area contributed by atoms with Crippen LogP contribution < -0.4 is 21.3 Å². The SMILES string of the molecule is CCNc1cc(Nc2ccc(NC(=O)Nc3cc(F)cc(C(F)(F)F)c3)cc2)nc(C)n1. The van der Waals surface area contributed by atoms with E-state index in [0.717, 1.165) is 6.07 Å². The molecule has 0 radical (unpaired) electrons. The van der Waals surface area contributed by atoms with Crippen molar-refractivity contribution in [1.29, 1.82) is 0 Å². The Morgan fingerprint density at radius 3 is 2.19 bits per heavy atom. The molecule has 0 spiro atoms. The molecular weight excluding hydrogens is 428 g/mol. The van der Waals surface area contributed by atoms with Gasteiger partial charge in [-0.1, -0.05) is 0 Å². The van der Waals surface area contributed by atoms with E-state index in [0.29, 0.717) is 47.5 Å². The molecule has 7 nitrogen and oxygen atoms in total. The van der Waals surface area contributed by atoms with E-state index in [-0.39, 0.29) is 5.69 Å². The summed E-state index contributed by atoms with van der Waals surface area (Å²) in [5.74, 6) is 0.747. The van der Waals surface area contributed by atoms with Gasteiger partial charge in [0.15, 0.2) is 0 Å². The highest BCUT2D eigenvalue weighted by Gasteiger charge is 2.31. The van der Waals surface area contributed by atoms with Gasteiger partial charge in [-0.3, -0.25) is 0 Å². The van der Waals surface area contributed by atoms with Crippen molar-refractivity contribution in [3.8, 4) is 0 Å². The molecule has 0 saturated heterocycles. The minimum absolute atomic E-state index is 0.316. The fourth-order valence-electron chi connectivity index (χ4n) is 2.81. The topological polar surface area (TPSA) is 91.0 Å². The zero-order chi connectivity index (χ0) is 23.3. The number of aryl methyl sites for hydroxylation is 1. The molecule has 32 heavy (non-hydrogen) atoms. The number of benzene rings is 2. The molecule has 3 rings (SSSR count). The molecule has 1 heterocycles. The number of urea groups is 1. The normalized spacial score (nSPS) is 11.1. The number of rotatable bonds is 6.